The Morgan fingerprint density at radius 1 is 1.00 bits per heavy atom. The van der Waals surface area contributed by atoms with E-state index in [-0.39, 0.29) is 6.04 Å². The second-order valence-electron chi connectivity index (χ2n) is 5.71. The summed E-state index contributed by atoms with van der Waals surface area (Å²) in [6.45, 7) is 7.85. The average molecular weight is 333 g/mol. The Kier molecular flexibility index (Phi) is 8.76. The number of aliphatic hydroxyl groups excluding tert-OH is 1. The van der Waals surface area contributed by atoms with Gasteiger partial charge in [0, 0.05) is 4.91 Å². The van der Waals surface area contributed by atoms with Crippen molar-refractivity contribution < 1.29 is 13.9 Å². The Balaban J connectivity index is 0.000000243. The second kappa shape index (κ2) is 10.6. The largest absolute Gasteiger partial charge is 0.466 e. The fourth-order valence-corrected chi connectivity index (χ4v) is 2.27. The standard InChI is InChI=1S/C9H13N3O.C9H14O2/c1-3-4-8(11-12-10)9-6-5-7(2)13-9;1-3-4-8(10)9-6-5-7(2)11-9/h5-6,8H,3-4H2,1-2H3;5-6,8,10H,3-4H2,1-2H3. The number of aryl methyl sites for hydroxylation is 2. The molecule has 1 N–H and O–H groups in total. The van der Waals surface area contributed by atoms with Gasteiger partial charge in [-0.25, -0.2) is 0 Å². The Morgan fingerprint density at radius 2 is 1.54 bits per heavy atom. The normalized spacial score (nSPS) is 12.7. The molecule has 24 heavy (non-hydrogen) atoms. The molecule has 0 bridgehead atoms. The monoisotopic (exact) mass is 333 g/mol. The quantitative estimate of drug-likeness (QED) is 0.373. The number of nitrogens with zero attached hydrogens (tertiary/aromatic N) is 3. The van der Waals surface area contributed by atoms with Crippen molar-refractivity contribution in [2.45, 2.75) is 65.5 Å². The summed E-state index contributed by atoms with van der Waals surface area (Å²) >= 11 is 0. The minimum atomic E-state index is -0.423. The van der Waals surface area contributed by atoms with Crippen LogP contribution in [0.5, 0.6) is 0 Å². The Hall–Kier alpha value is -2.17. The van der Waals surface area contributed by atoms with E-state index in [9.17, 15) is 5.11 Å². The zero-order valence-electron chi connectivity index (χ0n) is 14.9. The number of azide groups is 1. The van der Waals surface area contributed by atoms with Crippen LogP contribution in [0, 0.1) is 13.8 Å². The van der Waals surface area contributed by atoms with Crippen LogP contribution in [-0.2, 0) is 0 Å². The summed E-state index contributed by atoms with van der Waals surface area (Å²) in [7, 11) is 0. The smallest absolute Gasteiger partial charge is 0.132 e. The maximum Gasteiger partial charge on any atom is 0.132 e. The molecule has 2 heterocycles. The third-order valence-corrected chi connectivity index (χ3v) is 3.49. The molecule has 0 amide bonds. The van der Waals surface area contributed by atoms with Gasteiger partial charge in [0.25, 0.3) is 0 Å². The molecular weight excluding hydrogens is 306 g/mol. The van der Waals surface area contributed by atoms with E-state index in [1.807, 2.05) is 45.0 Å². The van der Waals surface area contributed by atoms with Gasteiger partial charge in [-0.05, 0) is 56.5 Å². The van der Waals surface area contributed by atoms with Crippen LogP contribution in [0.15, 0.2) is 38.2 Å². The summed E-state index contributed by atoms with van der Waals surface area (Å²) in [5.74, 6) is 3.15. The first kappa shape index (κ1) is 19.9. The molecule has 0 spiro atoms. The molecule has 0 aliphatic carbocycles. The van der Waals surface area contributed by atoms with Crippen LogP contribution >= 0.6 is 0 Å². The topological polar surface area (TPSA) is 95.3 Å². The zero-order chi connectivity index (χ0) is 17.9. The van der Waals surface area contributed by atoms with Gasteiger partial charge in [-0.3, -0.25) is 0 Å². The maximum atomic E-state index is 9.44. The van der Waals surface area contributed by atoms with Crippen LogP contribution in [0.1, 0.15) is 74.7 Å². The molecule has 0 aromatic carbocycles. The fourth-order valence-electron chi connectivity index (χ4n) is 2.27. The molecule has 2 unspecified atom stereocenters. The summed E-state index contributed by atoms with van der Waals surface area (Å²) in [6, 6.07) is 7.29. The van der Waals surface area contributed by atoms with E-state index < -0.39 is 6.10 Å². The minimum absolute atomic E-state index is 0.149. The van der Waals surface area contributed by atoms with Crippen molar-refractivity contribution in [1.29, 1.82) is 0 Å². The van der Waals surface area contributed by atoms with E-state index in [4.69, 9.17) is 14.4 Å². The van der Waals surface area contributed by atoms with E-state index in [1.165, 1.54) is 0 Å². The lowest BCUT2D eigenvalue weighted by molar-refractivity contribution is 0.138. The lowest BCUT2D eigenvalue weighted by atomic mass is 10.1. The van der Waals surface area contributed by atoms with E-state index in [0.29, 0.717) is 5.76 Å². The third kappa shape index (κ3) is 6.52. The van der Waals surface area contributed by atoms with Crippen LogP contribution in [-0.4, -0.2) is 5.11 Å². The van der Waals surface area contributed by atoms with Crippen molar-refractivity contribution >= 4 is 0 Å². The van der Waals surface area contributed by atoms with Crippen LogP contribution < -0.4 is 0 Å². The summed E-state index contributed by atoms with van der Waals surface area (Å²) < 4.78 is 10.6. The van der Waals surface area contributed by atoms with Gasteiger partial charge in [0.2, 0.25) is 0 Å². The first-order valence-electron chi connectivity index (χ1n) is 8.36. The van der Waals surface area contributed by atoms with Crippen molar-refractivity contribution in [1.82, 2.24) is 0 Å². The molecule has 2 aromatic heterocycles. The molecule has 0 saturated carbocycles. The van der Waals surface area contributed by atoms with E-state index in [0.717, 1.165) is 43.0 Å². The highest BCUT2D eigenvalue weighted by molar-refractivity contribution is 5.10. The number of aliphatic hydroxyl groups is 1. The molecule has 2 rings (SSSR count). The lowest BCUT2D eigenvalue weighted by Gasteiger charge is -2.04. The highest BCUT2D eigenvalue weighted by Gasteiger charge is 2.11. The molecule has 6 nitrogen and oxygen atoms in total. The zero-order valence-corrected chi connectivity index (χ0v) is 14.9. The Bertz CT molecular complexity index is 641. The predicted molar refractivity (Wildman–Crippen MR) is 93.6 cm³/mol. The summed E-state index contributed by atoms with van der Waals surface area (Å²) in [5.41, 5.74) is 8.35. The highest BCUT2D eigenvalue weighted by Crippen LogP contribution is 2.24. The van der Waals surface area contributed by atoms with Crippen molar-refractivity contribution in [2.75, 3.05) is 0 Å². The van der Waals surface area contributed by atoms with E-state index in [2.05, 4.69) is 16.9 Å². The van der Waals surface area contributed by atoms with Gasteiger partial charge >= 0.3 is 0 Å². The second-order valence-corrected chi connectivity index (χ2v) is 5.71. The highest BCUT2D eigenvalue weighted by atomic mass is 16.4. The molecule has 0 aliphatic rings. The van der Waals surface area contributed by atoms with Crippen LogP contribution in [0.2, 0.25) is 0 Å². The molecule has 0 fully saturated rings. The Labute approximate surface area is 143 Å². The predicted octanol–water partition coefficient (Wildman–Crippen LogP) is 6.16. The lowest BCUT2D eigenvalue weighted by Crippen LogP contribution is -1.93. The van der Waals surface area contributed by atoms with Crippen molar-refractivity contribution in [3.05, 3.63) is 57.7 Å². The maximum absolute atomic E-state index is 9.44. The molecule has 0 aliphatic heterocycles. The molecule has 6 heteroatoms. The minimum Gasteiger partial charge on any atom is -0.466 e. The van der Waals surface area contributed by atoms with Crippen LogP contribution in [0.25, 0.3) is 10.4 Å². The Morgan fingerprint density at radius 3 is 1.96 bits per heavy atom. The van der Waals surface area contributed by atoms with E-state index in [1.54, 1.807) is 0 Å². The van der Waals surface area contributed by atoms with Gasteiger partial charge in [-0.1, -0.05) is 31.8 Å². The molecule has 2 aromatic rings. The number of rotatable bonds is 7. The first-order chi connectivity index (χ1) is 11.5. The van der Waals surface area contributed by atoms with Gasteiger partial charge in [0.15, 0.2) is 0 Å². The van der Waals surface area contributed by atoms with Gasteiger partial charge < -0.3 is 13.9 Å². The number of furan rings is 2. The summed E-state index contributed by atoms with van der Waals surface area (Å²) in [6.07, 6.45) is 3.13. The number of hydrogen-bond donors (Lipinski definition) is 1. The fraction of sp³-hybridized carbons (Fsp3) is 0.556. The summed E-state index contributed by atoms with van der Waals surface area (Å²) in [5, 5.41) is 13.1. The van der Waals surface area contributed by atoms with Gasteiger partial charge in [-0.15, -0.1) is 0 Å². The van der Waals surface area contributed by atoms with Crippen molar-refractivity contribution in [3.63, 3.8) is 0 Å². The molecule has 2 atom stereocenters. The van der Waals surface area contributed by atoms with Crippen molar-refractivity contribution in [2.24, 2.45) is 5.11 Å². The molecule has 0 radical (unpaired) electrons. The van der Waals surface area contributed by atoms with Gasteiger partial charge in [-0.2, -0.15) is 0 Å². The van der Waals surface area contributed by atoms with Crippen molar-refractivity contribution in [3.8, 4) is 0 Å². The van der Waals surface area contributed by atoms with Crippen LogP contribution in [0.3, 0.4) is 0 Å². The third-order valence-electron chi connectivity index (χ3n) is 3.49. The first-order valence-corrected chi connectivity index (χ1v) is 8.36. The molecule has 0 saturated heterocycles. The SMILES string of the molecule is CCCC(N=[N+]=[N-])c1ccc(C)o1.CCCC(O)c1ccc(C)o1. The number of hydrogen-bond acceptors (Lipinski definition) is 4. The van der Waals surface area contributed by atoms with Crippen LogP contribution in [0.4, 0.5) is 0 Å². The van der Waals surface area contributed by atoms with E-state index >= 15 is 0 Å². The van der Waals surface area contributed by atoms with Gasteiger partial charge in [0.05, 0.1) is 6.04 Å². The molecule has 132 valence electrons. The van der Waals surface area contributed by atoms with Gasteiger partial charge in [0.1, 0.15) is 29.1 Å². The molecular formula is C18H27N3O3. The summed E-state index contributed by atoms with van der Waals surface area (Å²) in [4.78, 5) is 2.81. The average Bonchev–Trinajstić information content (AvgIpc) is 3.17.